The molecule has 0 saturated carbocycles. The lowest BCUT2D eigenvalue weighted by Crippen LogP contribution is -2.37. The lowest BCUT2D eigenvalue weighted by molar-refractivity contribution is 0.565. The molecule has 2 nitrogen and oxygen atoms in total. The van der Waals surface area contributed by atoms with Gasteiger partial charge in [-0.3, -0.25) is 0 Å². The molecule has 0 heterocycles. The van der Waals surface area contributed by atoms with Gasteiger partial charge < -0.3 is 9.80 Å². The first-order valence-electron chi connectivity index (χ1n) is 46.4. The third kappa shape index (κ3) is 23.3. The molecule has 0 aromatic heterocycles. The van der Waals surface area contributed by atoms with Crippen LogP contribution in [0.3, 0.4) is 0 Å². The second-order valence-corrected chi connectivity index (χ2v) is 62.9. The summed E-state index contributed by atoms with van der Waals surface area (Å²) in [7, 11) is -3.18. The molecule has 12 aromatic rings. The smallest absolute Gasteiger partial charge is 0.0776 e. The highest BCUT2D eigenvalue weighted by Crippen LogP contribution is 2.55. The Hall–Kier alpha value is -7.33. The van der Waals surface area contributed by atoms with E-state index >= 15 is 0 Å². The Morgan fingerprint density at radius 1 is 0.200 bits per heavy atom. The van der Waals surface area contributed by atoms with Crippen LogP contribution in [-0.2, 0) is 71.4 Å². The van der Waals surface area contributed by atoms with E-state index in [0.717, 1.165) is 6.42 Å². The molecule has 0 unspecified atom stereocenters. The molecule has 0 saturated heterocycles. The number of nitrogens with zero attached hydrogens (tertiary/aromatic N) is 2. The highest BCUT2D eigenvalue weighted by Gasteiger charge is 2.36. The van der Waals surface area contributed by atoms with Crippen molar-refractivity contribution in [3.05, 3.63) is 281 Å². The summed E-state index contributed by atoms with van der Waals surface area (Å²) in [5.74, 6) is 0. The Balaban J connectivity index is 0.000000267. The highest BCUT2D eigenvalue weighted by molar-refractivity contribution is 9.11. The summed E-state index contributed by atoms with van der Waals surface area (Å²) in [5, 5.41) is 13.0. The van der Waals surface area contributed by atoms with Gasteiger partial charge in [-0.15, -0.1) is 0 Å². The third-order valence-corrected chi connectivity index (χ3v) is 31.3. The van der Waals surface area contributed by atoms with Crippen LogP contribution >= 0.6 is 31.9 Å². The molecule has 0 spiro atoms. The molecule has 0 atom stereocenters. The Morgan fingerprint density at radius 3 is 0.600 bits per heavy atom. The fourth-order valence-electron chi connectivity index (χ4n) is 16.4. The Labute approximate surface area is 780 Å². The molecule has 0 aliphatic rings. The summed E-state index contributed by atoms with van der Waals surface area (Å²) in [6.45, 7) is 99.3. The summed E-state index contributed by atoms with van der Waals surface area (Å²) >= 11 is 7.59. The van der Waals surface area contributed by atoms with Crippen molar-refractivity contribution in [1.82, 2.24) is 0 Å². The SMILES string of the molecule is CC(C)(C)c1cc(Cc2cc(C(C)(C)C)cc(C(C)(C)C)c2)cc(C(C)(C)C)c1.CC(C)(C)c1cc(N(c2cc(C(C)(C)C)cc(C(C)(C)C)c2)c2c3ccccc3c(N(c3cc(C(C)(C)C)cc(C(C)(C)C)c3)c3cc(C(C)(C)C)cc(C(C)(C)C)c3)c3cc([Si](C)(C)C)ccc23)cc(C(C)(C)C)c1.C[Si](C)(C)c1ccc2c(Br)c3ccccc3c(Br)c2c1. The van der Waals surface area contributed by atoms with Crippen LogP contribution in [0.4, 0.5) is 34.1 Å². The number of anilines is 6. The molecule has 0 aliphatic heterocycles. The van der Waals surface area contributed by atoms with Crippen LogP contribution in [0.25, 0.3) is 43.1 Å². The van der Waals surface area contributed by atoms with Gasteiger partial charge in [0.1, 0.15) is 0 Å². The topological polar surface area (TPSA) is 6.48 Å². The van der Waals surface area contributed by atoms with Gasteiger partial charge in [0.05, 0.1) is 27.5 Å². The summed E-state index contributed by atoms with van der Waals surface area (Å²) in [6, 6.07) is 76.9. The maximum absolute atomic E-state index is 3.81. The predicted molar refractivity (Wildman–Crippen MR) is 574 cm³/mol. The first kappa shape index (κ1) is 99.8. The van der Waals surface area contributed by atoms with Crippen molar-refractivity contribution in [3.63, 3.8) is 0 Å². The Bertz CT molecular complexity index is 5560. The van der Waals surface area contributed by atoms with Gasteiger partial charge in [0.15, 0.2) is 0 Å². The standard InChI is InChI=1S/C73H100N2Si.C29H44.C17H16Br2Si/c1-66(2,3)47-34-48(67(4,5)6)39-55(38-47)74(56-40-49(68(7,8)9)35-50(41-56)69(10,11)12)64-60-30-28-29-31-61(60)65(63-46-59(76(25,26)27)32-33-62(63)64)75(57-42-51(70(13,14)15)36-52(43-57)71(16,17)18)58-44-53(72(19,20)21)37-54(45-58)73(22,23)24;1-26(2,3)22-14-20(15-23(18-22)27(4,5)6)13-21-16-24(28(7,8)9)19-25(17-21)29(10,11)12;1-20(2,3)11-8-9-14-15(10-11)17(19)13-7-5-4-6-12(13)16(14)18/h28-46H,1-27H3;14-19H,13H2,1-12H3;4-10H,1-3H3. The van der Waals surface area contributed by atoms with Gasteiger partial charge in [-0.25, -0.2) is 0 Å². The fraction of sp³-hybridized carbons (Fsp3) is 0.462. The molecule has 6 heteroatoms. The van der Waals surface area contributed by atoms with Crippen LogP contribution in [0.5, 0.6) is 0 Å². The van der Waals surface area contributed by atoms with Gasteiger partial charge in [0, 0.05) is 53.2 Å². The molecular formula is C119H160Br2N2Si2. The second kappa shape index (κ2) is 34.8. The molecule has 125 heavy (non-hydrogen) atoms. The van der Waals surface area contributed by atoms with Crippen molar-refractivity contribution in [2.24, 2.45) is 0 Å². The molecule has 0 bridgehead atoms. The van der Waals surface area contributed by atoms with Crippen molar-refractivity contribution < 1.29 is 0 Å². The fourth-order valence-corrected chi connectivity index (χ4v) is 20.1. The minimum absolute atomic E-state index is 0.0900. The predicted octanol–water partition coefficient (Wildman–Crippen LogP) is 36.4. The normalized spacial score (nSPS) is 13.5. The maximum Gasteiger partial charge on any atom is 0.0776 e. The quantitative estimate of drug-likeness (QED) is 0.0765. The third-order valence-electron chi connectivity index (χ3n) is 25.5. The van der Waals surface area contributed by atoms with Crippen molar-refractivity contribution >= 4 is 136 Å². The number of halogens is 2. The van der Waals surface area contributed by atoms with Crippen LogP contribution in [0, 0.1) is 0 Å². The lowest BCUT2D eigenvalue weighted by Gasteiger charge is -2.37. The summed E-state index contributed by atoms with van der Waals surface area (Å²) in [4.78, 5) is 5.37. The van der Waals surface area contributed by atoms with Crippen LogP contribution in [0.2, 0.25) is 39.3 Å². The number of rotatable bonds is 10. The highest BCUT2D eigenvalue weighted by atomic mass is 79.9. The number of benzene rings is 12. The first-order valence-corrected chi connectivity index (χ1v) is 55.0. The van der Waals surface area contributed by atoms with Crippen LogP contribution in [-0.4, -0.2) is 16.1 Å². The summed E-state index contributed by atoms with van der Waals surface area (Å²) in [6.07, 6.45) is 0.986. The molecule has 12 aromatic carbocycles. The van der Waals surface area contributed by atoms with Crippen LogP contribution < -0.4 is 20.2 Å². The molecule has 0 amide bonds. The molecule has 0 N–H and O–H groups in total. The largest absolute Gasteiger partial charge is 0.309 e. The number of hydrogen-bond donors (Lipinski definition) is 0. The molecule has 0 fully saturated rings. The van der Waals surface area contributed by atoms with Crippen molar-refractivity contribution in [1.29, 1.82) is 0 Å². The van der Waals surface area contributed by atoms with E-state index in [0.29, 0.717) is 0 Å². The summed E-state index contributed by atoms with van der Waals surface area (Å²) < 4.78 is 2.39. The molecular weight excluding hydrogens is 1670 g/mol. The average molecular weight is 1830 g/mol. The maximum atomic E-state index is 3.81. The zero-order chi connectivity index (χ0) is 94.0. The van der Waals surface area contributed by atoms with Crippen molar-refractivity contribution in [2.75, 3.05) is 9.80 Å². The van der Waals surface area contributed by atoms with E-state index < -0.39 is 16.1 Å². The van der Waals surface area contributed by atoms with E-state index in [-0.39, 0.29) is 65.0 Å². The van der Waals surface area contributed by atoms with Crippen molar-refractivity contribution in [3.8, 4) is 0 Å². The van der Waals surface area contributed by atoms with Crippen molar-refractivity contribution in [2.45, 2.75) is 360 Å². The van der Waals surface area contributed by atoms with E-state index in [1.807, 2.05) is 0 Å². The van der Waals surface area contributed by atoms with E-state index in [1.165, 1.54) is 174 Å². The minimum Gasteiger partial charge on any atom is -0.309 e. The Morgan fingerprint density at radius 2 is 0.376 bits per heavy atom. The van der Waals surface area contributed by atoms with E-state index in [1.54, 1.807) is 0 Å². The zero-order valence-corrected chi connectivity index (χ0v) is 91.0. The van der Waals surface area contributed by atoms with Gasteiger partial charge in [-0.05, 0) is 251 Å². The Kier molecular flexibility index (Phi) is 27.8. The van der Waals surface area contributed by atoms with Crippen LogP contribution in [0.15, 0.2) is 203 Å². The number of fused-ring (bicyclic) bond motifs is 4. The lowest BCUT2D eigenvalue weighted by atomic mass is 9.77. The monoisotopic (exact) mass is 1830 g/mol. The first-order chi connectivity index (χ1) is 56.6. The van der Waals surface area contributed by atoms with Gasteiger partial charge in [0.25, 0.3) is 0 Å². The van der Waals surface area contributed by atoms with E-state index in [4.69, 9.17) is 0 Å². The van der Waals surface area contributed by atoms with Crippen LogP contribution in [0.1, 0.15) is 327 Å². The second-order valence-electron chi connectivity index (χ2n) is 51.2. The van der Waals surface area contributed by atoms with Gasteiger partial charge in [0.2, 0.25) is 0 Å². The van der Waals surface area contributed by atoms with Gasteiger partial charge >= 0.3 is 0 Å². The molecule has 668 valence electrons. The van der Waals surface area contributed by atoms with E-state index in [9.17, 15) is 0 Å². The number of hydrogen-bond acceptors (Lipinski definition) is 2. The average Bonchev–Trinajstić information content (AvgIpc) is 0.712. The minimum atomic E-state index is -1.89. The molecule has 0 aliphatic carbocycles. The van der Waals surface area contributed by atoms with Gasteiger partial charge in [-0.2, -0.15) is 0 Å². The van der Waals surface area contributed by atoms with Gasteiger partial charge in [-0.1, -0.05) is 445 Å². The molecule has 12 rings (SSSR count). The zero-order valence-electron chi connectivity index (χ0n) is 85.8. The molecule has 0 radical (unpaired) electrons. The summed E-state index contributed by atoms with van der Waals surface area (Å²) in [5.41, 5.74) is 26.4. The van der Waals surface area contributed by atoms with E-state index in [2.05, 4.69) is 524 Å².